The van der Waals surface area contributed by atoms with Gasteiger partial charge in [-0.1, -0.05) is 18.2 Å². The van der Waals surface area contributed by atoms with Crippen molar-refractivity contribution in [3.8, 4) is 0 Å². The molecule has 0 atom stereocenters. The highest BCUT2D eigenvalue weighted by Gasteiger charge is 2.15. The maximum Gasteiger partial charge on any atom is 0.337 e. The van der Waals surface area contributed by atoms with E-state index in [0.717, 1.165) is 16.9 Å². The van der Waals surface area contributed by atoms with E-state index in [0.29, 0.717) is 12.1 Å². The molecule has 106 valence electrons. The molecule has 4 nitrogen and oxygen atoms in total. The Bertz CT molecular complexity index is 822. The van der Waals surface area contributed by atoms with Gasteiger partial charge in [-0.05, 0) is 36.8 Å². The number of hydrogen-bond donors (Lipinski definition) is 1. The summed E-state index contributed by atoms with van der Waals surface area (Å²) < 4.78 is 14.9. The van der Waals surface area contributed by atoms with Gasteiger partial charge in [-0.2, -0.15) is 0 Å². The van der Waals surface area contributed by atoms with Gasteiger partial charge in [-0.3, -0.25) is 0 Å². The zero-order valence-corrected chi connectivity index (χ0v) is 11.4. The highest BCUT2D eigenvalue weighted by Crippen LogP contribution is 2.21. The van der Waals surface area contributed by atoms with Crippen LogP contribution in [0.25, 0.3) is 11.0 Å². The normalized spacial score (nSPS) is 11.0. The van der Waals surface area contributed by atoms with Crippen LogP contribution in [-0.4, -0.2) is 20.6 Å². The molecule has 5 heteroatoms. The molecule has 1 aromatic heterocycles. The van der Waals surface area contributed by atoms with Crippen molar-refractivity contribution in [1.29, 1.82) is 0 Å². The molecule has 0 aliphatic rings. The van der Waals surface area contributed by atoms with Crippen molar-refractivity contribution in [2.45, 2.75) is 13.5 Å². The van der Waals surface area contributed by atoms with Crippen LogP contribution in [0.2, 0.25) is 0 Å². The lowest BCUT2D eigenvalue weighted by molar-refractivity contribution is 0.0699. The second kappa shape index (κ2) is 5.01. The Kier molecular flexibility index (Phi) is 3.17. The molecule has 0 saturated carbocycles. The molecule has 1 heterocycles. The van der Waals surface area contributed by atoms with E-state index >= 15 is 0 Å². The van der Waals surface area contributed by atoms with Crippen molar-refractivity contribution >= 4 is 17.0 Å². The fraction of sp³-hybridized carbons (Fsp3) is 0.125. The average Bonchev–Trinajstić information content (AvgIpc) is 2.77. The van der Waals surface area contributed by atoms with Gasteiger partial charge in [0.2, 0.25) is 0 Å². The highest BCUT2D eigenvalue weighted by atomic mass is 19.1. The van der Waals surface area contributed by atoms with Crippen LogP contribution in [-0.2, 0) is 6.54 Å². The number of imidazole rings is 1. The molecule has 0 saturated heterocycles. The summed E-state index contributed by atoms with van der Waals surface area (Å²) in [5, 5.41) is 9.21. The molecule has 0 aliphatic heterocycles. The van der Waals surface area contributed by atoms with Gasteiger partial charge in [0.05, 0.1) is 11.1 Å². The maximum absolute atomic E-state index is 13.0. The minimum Gasteiger partial charge on any atom is -0.478 e. The molecular weight excluding hydrogens is 271 g/mol. The quantitative estimate of drug-likeness (QED) is 0.803. The smallest absolute Gasteiger partial charge is 0.337 e. The van der Waals surface area contributed by atoms with E-state index in [9.17, 15) is 14.3 Å². The minimum atomic E-state index is -0.993. The van der Waals surface area contributed by atoms with Crippen molar-refractivity contribution in [3.05, 3.63) is 65.2 Å². The van der Waals surface area contributed by atoms with Gasteiger partial charge < -0.3 is 9.67 Å². The lowest BCUT2D eigenvalue weighted by Crippen LogP contribution is -2.02. The number of fused-ring (bicyclic) bond motifs is 1. The number of aromatic carboxylic acids is 1. The van der Waals surface area contributed by atoms with Crippen LogP contribution in [0, 0.1) is 12.7 Å². The number of carboxylic acid groups (broad SMARTS) is 1. The highest BCUT2D eigenvalue weighted by molar-refractivity contribution is 6.01. The van der Waals surface area contributed by atoms with E-state index in [1.807, 2.05) is 17.6 Å². The van der Waals surface area contributed by atoms with E-state index in [1.54, 1.807) is 24.3 Å². The predicted octanol–water partition coefficient (Wildman–Crippen LogP) is 3.23. The monoisotopic (exact) mass is 284 g/mol. The van der Waals surface area contributed by atoms with E-state index in [1.165, 1.54) is 12.1 Å². The third kappa shape index (κ3) is 2.38. The number of halogens is 1. The van der Waals surface area contributed by atoms with E-state index in [-0.39, 0.29) is 11.4 Å². The maximum atomic E-state index is 13.0. The molecule has 0 bridgehead atoms. The van der Waals surface area contributed by atoms with Crippen molar-refractivity contribution < 1.29 is 14.3 Å². The third-order valence-corrected chi connectivity index (χ3v) is 3.45. The number of benzene rings is 2. The van der Waals surface area contributed by atoms with Crippen LogP contribution in [0.1, 0.15) is 21.7 Å². The third-order valence-electron chi connectivity index (χ3n) is 3.45. The Morgan fingerprint density at radius 1 is 1.24 bits per heavy atom. The van der Waals surface area contributed by atoms with Crippen LogP contribution >= 0.6 is 0 Å². The Morgan fingerprint density at radius 3 is 2.62 bits per heavy atom. The zero-order chi connectivity index (χ0) is 15.0. The standard InChI is InChI=1S/C16H13FN2O2/c1-10-18-15-13(16(20)21)3-2-4-14(15)19(10)9-11-5-7-12(17)8-6-11/h2-8H,9H2,1H3,(H,20,21). The van der Waals surface area contributed by atoms with Crippen LogP contribution in [0.5, 0.6) is 0 Å². The second-order valence-corrected chi connectivity index (χ2v) is 4.85. The molecule has 0 amide bonds. The number of hydrogen-bond acceptors (Lipinski definition) is 2. The number of para-hydroxylation sites is 1. The zero-order valence-electron chi connectivity index (χ0n) is 11.4. The summed E-state index contributed by atoms with van der Waals surface area (Å²) in [5.41, 5.74) is 2.36. The number of aromatic nitrogens is 2. The van der Waals surface area contributed by atoms with E-state index in [4.69, 9.17) is 0 Å². The van der Waals surface area contributed by atoms with Crippen LogP contribution in [0.3, 0.4) is 0 Å². The van der Waals surface area contributed by atoms with Crippen molar-refractivity contribution in [1.82, 2.24) is 9.55 Å². The number of carbonyl (C=O) groups is 1. The van der Waals surface area contributed by atoms with Gasteiger partial charge in [0.25, 0.3) is 0 Å². The summed E-state index contributed by atoms with van der Waals surface area (Å²) in [7, 11) is 0. The summed E-state index contributed by atoms with van der Waals surface area (Å²) in [4.78, 5) is 15.6. The van der Waals surface area contributed by atoms with Gasteiger partial charge in [0.1, 0.15) is 17.2 Å². The summed E-state index contributed by atoms with van der Waals surface area (Å²) in [6.45, 7) is 2.35. The molecule has 1 N–H and O–H groups in total. The number of carboxylic acids is 1. The molecule has 2 aromatic carbocycles. The summed E-state index contributed by atoms with van der Waals surface area (Å²) >= 11 is 0. The molecule has 0 aliphatic carbocycles. The molecule has 21 heavy (non-hydrogen) atoms. The topological polar surface area (TPSA) is 55.1 Å². The summed E-state index contributed by atoms with van der Waals surface area (Å²) in [6, 6.07) is 11.3. The fourth-order valence-electron chi connectivity index (χ4n) is 2.41. The lowest BCUT2D eigenvalue weighted by Gasteiger charge is -2.07. The van der Waals surface area contributed by atoms with Crippen LogP contribution in [0.4, 0.5) is 4.39 Å². The van der Waals surface area contributed by atoms with Gasteiger partial charge in [0, 0.05) is 6.54 Å². The minimum absolute atomic E-state index is 0.188. The van der Waals surface area contributed by atoms with Gasteiger partial charge in [0.15, 0.2) is 0 Å². The largest absolute Gasteiger partial charge is 0.478 e. The first-order chi connectivity index (χ1) is 10.1. The summed E-state index contributed by atoms with van der Waals surface area (Å²) in [6.07, 6.45) is 0. The first kappa shape index (κ1) is 13.3. The second-order valence-electron chi connectivity index (χ2n) is 4.85. The molecule has 0 unspecified atom stereocenters. The van der Waals surface area contributed by atoms with Gasteiger partial charge in [-0.25, -0.2) is 14.2 Å². The molecule has 0 radical (unpaired) electrons. The predicted molar refractivity (Wildman–Crippen MR) is 76.9 cm³/mol. The Hall–Kier alpha value is -2.69. The first-order valence-electron chi connectivity index (χ1n) is 6.50. The summed E-state index contributed by atoms with van der Waals surface area (Å²) in [5.74, 6) is -0.547. The van der Waals surface area contributed by atoms with E-state index < -0.39 is 5.97 Å². The number of nitrogens with zero attached hydrogens (tertiary/aromatic N) is 2. The van der Waals surface area contributed by atoms with Gasteiger partial charge >= 0.3 is 5.97 Å². The Labute approximate surface area is 120 Å². The van der Waals surface area contributed by atoms with Crippen molar-refractivity contribution in [2.24, 2.45) is 0 Å². The van der Waals surface area contributed by atoms with Crippen molar-refractivity contribution in [3.63, 3.8) is 0 Å². The Morgan fingerprint density at radius 2 is 1.95 bits per heavy atom. The first-order valence-corrected chi connectivity index (χ1v) is 6.50. The molecular formula is C16H13FN2O2. The average molecular weight is 284 g/mol. The Balaban J connectivity index is 2.10. The van der Waals surface area contributed by atoms with Gasteiger partial charge in [-0.15, -0.1) is 0 Å². The molecule has 3 rings (SSSR count). The fourth-order valence-corrected chi connectivity index (χ4v) is 2.41. The molecule has 0 spiro atoms. The lowest BCUT2D eigenvalue weighted by atomic mass is 10.2. The van der Waals surface area contributed by atoms with Crippen LogP contribution < -0.4 is 0 Å². The SMILES string of the molecule is Cc1nc2c(C(=O)O)cccc2n1Cc1ccc(F)cc1. The number of rotatable bonds is 3. The van der Waals surface area contributed by atoms with E-state index in [2.05, 4.69) is 4.98 Å². The molecule has 3 aromatic rings. The number of aryl methyl sites for hydroxylation is 1. The molecule has 0 fully saturated rings. The van der Waals surface area contributed by atoms with Crippen LogP contribution in [0.15, 0.2) is 42.5 Å². The van der Waals surface area contributed by atoms with Crippen molar-refractivity contribution in [2.75, 3.05) is 0 Å².